The second-order valence-electron chi connectivity index (χ2n) is 5.90. The zero-order chi connectivity index (χ0) is 18.2. The summed E-state index contributed by atoms with van der Waals surface area (Å²) in [5, 5.41) is 0. The maximum Gasteiger partial charge on any atom is 0.159 e. The van der Waals surface area contributed by atoms with Gasteiger partial charge in [-0.2, -0.15) is 0 Å². The van der Waals surface area contributed by atoms with E-state index < -0.39 is 0 Å². The van der Waals surface area contributed by atoms with Gasteiger partial charge in [0.15, 0.2) is 6.29 Å². The Hall–Kier alpha value is -2.37. The van der Waals surface area contributed by atoms with Gasteiger partial charge in [-0.3, -0.25) is 0 Å². The lowest BCUT2D eigenvalue weighted by atomic mass is 10.3. The number of aromatic nitrogens is 2. The van der Waals surface area contributed by atoms with Gasteiger partial charge in [0.05, 0.1) is 11.0 Å². The highest BCUT2D eigenvalue weighted by Gasteiger charge is 2.14. The summed E-state index contributed by atoms with van der Waals surface area (Å²) >= 11 is 0. The number of benzene rings is 2. The van der Waals surface area contributed by atoms with Crippen molar-refractivity contribution in [3.63, 3.8) is 0 Å². The zero-order valence-electron chi connectivity index (χ0n) is 15.4. The van der Waals surface area contributed by atoms with Crippen molar-refractivity contribution in [2.24, 2.45) is 0 Å². The van der Waals surface area contributed by atoms with Crippen LogP contribution in [-0.4, -0.2) is 29.1 Å². The van der Waals surface area contributed by atoms with Crippen molar-refractivity contribution >= 4 is 11.0 Å². The molecular formula is C21H26N2O3. The van der Waals surface area contributed by atoms with Gasteiger partial charge in [0.25, 0.3) is 0 Å². The smallest absolute Gasteiger partial charge is 0.159 e. The number of rotatable bonds is 10. The molecule has 0 N–H and O–H groups in total. The van der Waals surface area contributed by atoms with Crippen molar-refractivity contribution in [3.05, 3.63) is 60.4 Å². The van der Waals surface area contributed by atoms with E-state index in [-0.39, 0.29) is 6.29 Å². The average molecular weight is 354 g/mol. The summed E-state index contributed by atoms with van der Waals surface area (Å²) in [6.45, 7) is 6.43. The summed E-state index contributed by atoms with van der Waals surface area (Å²) in [4.78, 5) is 4.75. The van der Waals surface area contributed by atoms with E-state index >= 15 is 0 Å². The van der Waals surface area contributed by atoms with Crippen LogP contribution >= 0.6 is 0 Å². The molecule has 1 heterocycles. The van der Waals surface area contributed by atoms with Gasteiger partial charge in [-0.05, 0) is 38.1 Å². The molecule has 0 aliphatic rings. The standard InChI is InChI=1S/C21H26N2O3/c1-3-24-21(25-4-2)14-15-23-19-13-9-8-12-18(19)22-20(23)16-26-17-10-6-5-7-11-17/h5-13,21H,3-4,14-16H2,1-2H3. The summed E-state index contributed by atoms with van der Waals surface area (Å²) in [5.41, 5.74) is 2.08. The van der Waals surface area contributed by atoms with Crippen molar-refractivity contribution in [3.8, 4) is 5.75 Å². The van der Waals surface area contributed by atoms with Gasteiger partial charge in [-0.1, -0.05) is 30.3 Å². The van der Waals surface area contributed by atoms with Crippen molar-refractivity contribution in [1.82, 2.24) is 9.55 Å². The third-order valence-corrected chi connectivity index (χ3v) is 4.14. The number of para-hydroxylation sites is 3. The van der Waals surface area contributed by atoms with Crippen molar-refractivity contribution in [2.75, 3.05) is 13.2 Å². The van der Waals surface area contributed by atoms with Gasteiger partial charge in [-0.15, -0.1) is 0 Å². The fourth-order valence-electron chi connectivity index (χ4n) is 2.97. The predicted octanol–water partition coefficient (Wildman–Crippen LogP) is 4.40. The number of nitrogens with zero attached hydrogens (tertiary/aromatic N) is 2. The lowest BCUT2D eigenvalue weighted by molar-refractivity contribution is -0.140. The summed E-state index contributed by atoms with van der Waals surface area (Å²) in [7, 11) is 0. The van der Waals surface area contributed by atoms with Gasteiger partial charge in [0.1, 0.15) is 18.2 Å². The molecule has 2 aromatic carbocycles. The van der Waals surface area contributed by atoms with E-state index in [2.05, 4.69) is 10.6 Å². The molecule has 0 fully saturated rings. The SMILES string of the molecule is CCOC(CCn1c(COc2ccccc2)nc2ccccc21)OCC. The topological polar surface area (TPSA) is 45.5 Å². The molecule has 0 saturated heterocycles. The van der Waals surface area contributed by atoms with Gasteiger partial charge in [0.2, 0.25) is 0 Å². The number of aryl methyl sites for hydroxylation is 1. The number of ether oxygens (including phenoxy) is 3. The first kappa shape index (κ1) is 18.4. The Labute approximate surface area is 154 Å². The maximum absolute atomic E-state index is 5.92. The Morgan fingerprint density at radius 2 is 1.62 bits per heavy atom. The lowest BCUT2D eigenvalue weighted by Gasteiger charge is -2.18. The van der Waals surface area contributed by atoms with Crippen LogP contribution in [0.2, 0.25) is 0 Å². The summed E-state index contributed by atoms with van der Waals surface area (Å²) in [6.07, 6.45) is 0.564. The minimum atomic E-state index is -0.200. The fraction of sp³-hybridized carbons (Fsp3) is 0.381. The highest BCUT2D eigenvalue weighted by Crippen LogP contribution is 2.19. The molecule has 0 aliphatic heterocycles. The molecule has 138 valence electrons. The van der Waals surface area contributed by atoms with Gasteiger partial charge in [-0.25, -0.2) is 4.98 Å². The Bertz CT molecular complexity index is 795. The fourth-order valence-corrected chi connectivity index (χ4v) is 2.97. The Balaban J connectivity index is 1.77. The van der Waals surface area contributed by atoms with E-state index in [4.69, 9.17) is 19.2 Å². The Morgan fingerprint density at radius 1 is 0.923 bits per heavy atom. The Morgan fingerprint density at radius 3 is 2.35 bits per heavy atom. The van der Waals surface area contributed by atoms with Gasteiger partial charge >= 0.3 is 0 Å². The van der Waals surface area contributed by atoms with Crippen molar-refractivity contribution in [1.29, 1.82) is 0 Å². The molecule has 0 bridgehead atoms. The van der Waals surface area contributed by atoms with Gasteiger partial charge < -0.3 is 18.8 Å². The van der Waals surface area contributed by atoms with E-state index in [1.807, 2.05) is 62.4 Å². The maximum atomic E-state index is 5.92. The van der Waals surface area contributed by atoms with Crippen molar-refractivity contribution < 1.29 is 14.2 Å². The highest BCUT2D eigenvalue weighted by molar-refractivity contribution is 5.75. The van der Waals surface area contributed by atoms with E-state index in [0.717, 1.165) is 35.6 Å². The van der Waals surface area contributed by atoms with Crippen LogP contribution in [0.1, 0.15) is 26.1 Å². The molecular weight excluding hydrogens is 328 g/mol. The largest absolute Gasteiger partial charge is 0.486 e. The van der Waals surface area contributed by atoms with Crippen molar-refractivity contribution in [2.45, 2.75) is 39.7 Å². The molecule has 0 saturated carbocycles. The molecule has 0 radical (unpaired) electrons. The Kier molecular flexibility index (Phi) is 6.63. The third-order valence-electron chi connectivity index (χ3n) is 4.14. The van der Waals surface area contributed by atoms with Crippen LogP contribution in [0.3, 0.4) is 0 Å². The molecule has 0 atom stereocenters. The first-order chi connectivity index (χ1) is 12.8. The van der Waals surface area contributed by atoms with E-state index in [0.29, 0.717) is 19.8 Å². The van der Waals surface area contributed by atoms with Crippen LogP contribution < -0.4 is 4.74 Å². The van der Waals surface area contributed by atoms with Crippen LogP contribution in [0, 0.1) is 0 Å². The van der Waals surface area contributed by atoms with E-state index in [1.54, 1.807) is 0 Å². The van der Waals surface area contributed by atoms with E-state index in [1.165, 1.54) is 0 Å². The van der Waals surface area contributed by atoms with Crippen LogP contribution in [0.4, 0.5) is 0 Å². The molecule has 0 amide bonds. The molecule has 0 unspecified atom stereocenters. The average Bonchev–Trinajstić information content (AvgIpc) is 3.03. The molecule has 3 aromatic rings. The molecule has 5 nitrogen and oxygen atoms in total. The first-order valence-electron chi connectivity index (χ1n) is 9.17. The normalized spacial score (nSPS) is 11.3. The zero-order valence-corrected chi connectivity index (χ0v) is 15.4. The second-order valence-corrected chi connectivity index (χ2v) is 5.90. The quantitative estimate of drug-likeness (QED) is 0.506. The number of hydrogen-bond donors (Lipinski definition) is 0. The monoisotopic (exact) mass is 354 g/mol. The number of fused-ring (bicyclic) bond motifs is 1. The van der Waals surface area contributed by atoms with Crippen LogP contribution in [-0.2, 0) is 22.6 Å². The van der Waals surface area contributed by atoms with Crippen LogP contribution in [0.25, 0.3) is 11.0 Å². The van der Waals surface area contributed by atoms with Gasteiger partial charge in [0, 0.05) is 26.2 Å². The number of imidazole rings is 1. The predicted molar refractivity (Wildman–Crippen MR) is 102 cm³/mol. The molecule has 5 heteroatoms. The third kappa shape index (κ3) is 4.62. The number of hydrogen-bond acceptors (Lipinski definition) is 4. The molecule has 0 aliphatic carbocycles. The first-order valence-corrected chi connectivity index (χ1v) is 9.17. The summed E-state index contributed by atoms with van der Waals surface area (Å²) in [5.74, 6) is 1.74. The highest BCUT2D eigenvalue weighted by atomic mass is 16.7. The van der Waals surface area contributed by atoms with Crippen LogP contribution in [0.15, 0.2) is 54.6 Å². The minimum Gasteiger partial charge on any atom is -0.486 e. The summed E-state index contributed by atoms with van der Waals surface area (Å²) < 4.78 is 19.5. The molecule has 0 spiro atoms. The molecule has 26 heavy (non-hydrogen) atoms. The van der Waals surface area contributed by atoms with Crippen LogP contribution in [0.5, 0.6) is 5.75 Å². The molecule has 3 rings (SSSR count). The minimum absolute atomic E-state index is 0.200. The molecule has 1 aromatic heterocycles. The lowest BCUT2D eigenvalue weighted by Crippen LogP contribution is -2.20. The van der Waals surface area contributed by atoms with E-state index in [9.17, 15) is 0 Å². The summed E-state index contributed by atoms with van der Waals surface area (Å²) in [6, 6.07) is 18.0. The second kappa shape index (κ2) is 9.36.